The molecule has 0 amide bonds. The Bertz CT molecular complexity index is 1030. The molecule has 0 spiro atoms. The van der Waals surface area contributed by atoms with E-state index in [1.165, 1.54) is 12.7 Å². The van der Waals surface area contributed by atoms with Crippen LogP contribution in [0.2, 0.25) is 0 Å². The summed E-state index contributed by atoms with van der Waals surface area (Å²) < 4.78 is 4.95. The Morgan fingerprint density at radius 1 is 1.16 bits per heavy atom. The summed E-state index contributed by atoms with van der Waals surface area (Å²) in [5, 5.41) is 1.98. The number of ether oxygens (including phenoxy) is 1. The lowest BCUT2D eigenvalue weighted by molar-refractivity contribution is -0.136. The number of rotatable bonds is 2. The largest absolute Gasteiger partial charge is 0.466 e. The van der Waals surface area contributed by atoms with Gasteiger partial charge < -0.3 is 4.74 Å². The molecule has 1 aromatic heterocycles. The van der Waals surface area contributed by atoms with Gasteiger partial charge in [-0.05, 0) is 35.7 Å². The number of hydrogen-bond donors (Lipinski definition) is 0. The standard InChI is InChI=1S/C21H17NO2S/c1-12-7-6-9-15-18(13(2)21(23)24-3)16-11-14-8-4-5-10-17(14)22-20(16)25-19(12)15/h4-11,18H,2H2,1,3H3. The van der Waals surface area contributed by atoms with Gasteiger partial charge in [-0.2, -0.15) is 0 Å². The van der Waals surface area contributed by atoms with E-state index in [1.807, 2.05) is 30.3 Å². The first-order valence-corrected chi connectivity index (χ1v) is 8.86. The lowest BCUT2D eigenvalue weighted by atomic mass is 9.84. The van der Waals surface area contributed by atoms with Crippen LogP contribution in [0.3, 0.4) is 0 Å². The fourth-order valence-electron chi connectivity index (χ4n) is 3.33. The van der Waals surface area contributed by atoms with Crippen LogP contribution >= 0.6 is 11.8 Å². The normalized spacial score (nSPS) is 15.4. The SMILES string of the molecule is C=C(C(=O)OC)C1c2cc3ccccc3nc2Sc2c(C)cccc21. The Hall–Kier alpha value is -2.59. The maximum Gasteiger partial charge on any atom is 0.334 e. The number of benzene rings is 2. The zero-order chi connectivity index (χ0) is 17.6. The van der Waals surface area contributed by atoms with Crippen molar-refractivity contribution < 1.29 is 9.53 Å². The Balaban J connectivity index is 1.99. The van der Waals surface area contributed by atoms with Crippen molar-refractivity contribution in [2.45, 2.75) is 22.8 Å². The van der Waals surface area contributed by atoms with E-state index in [9.17, 15) is 4.79 Å². The summed E-state index contributed by atoms with van der Waals surface area (Å²) in [6.45, 7) is 6.12. The predicted octanol–water partition coefficient (Wildman–Crippen LogP) is 4.87. The Morgan fingerprint density at radius 2 is 1.96 bits per heavy atom. The van der Waals surface area contributed by atoms with Gasteiger partial charge in [-0.25, -0.2) is 9.78 Å². The number of hydrogen-bond acceptors (Lipinski definition) is 4. The second-order valence-electron chi connectivity index (χ2n) is 6.12. The molecule has 124 valence electrons. The van der Waals surface area contributed by atoms with Gasteiger partial charge in [-0.1, -0.05) is 54.7 Å². The third-order valence-electron chi connectivity index (χ3n) is 4.58. The monoisotopic (exact) mass is 347 g/mol. The summed E-state index contributed by atoms with van der Waals surface area (Å²) in [6.07, 6.45) is 0. The maximum atomic E-state index is 12.2. The van der Waals surface area contributed by atoms with Crippen LogP contribution in [0.4, 0.5) is 0 Å². The van der Waals surface area contributed by atoms with E-state index >= 15 is 0 Å². The summed E-state index contributed by atoms with van der Waals surface area (Å²) in [5.74, 6) is -0.626. The van der Waals surface area contributed by atoms with Crippen LogP contribution in [-0.2, 0) is 9.53 Å². The Kier molecular flexibility index (Phi) is 3.85. The zero-order valence-corrected chi connectivity index (χ0v) is 14.9. The number of methoxy groups -OCH3 is 1. The van der Waals surface area contributed by atoms with Crippen molar-refractivity contribution in [1.82, 2.24) is 4.98 Å². The van der Waals surface area contributed by atoms with Crippen LogP contribution in [-0.4, -0.2) is 18.1 Å². The first-order chi connectivity index (χ1) is 12.1. The summed E-state index contributed by atoms with van der Waals surface area (Å²) in [4.78, 5) is 18.2. The van der Waals surface area contributed by atoms with Gasteiger partial charge in [0.2, 0.25) is 0 Å². The summed E-state index contributed by atoms with van der Waals surface area (Å²) in [6, 6.07) is 16.3. The van der Waals surface area contributed by atoms with Gasteiger partial charge in [0.25, 0.3) is 0 Å². The fourth-order valence-corrected chi connectivity index (χ4v) is 4.50. The number of carbonyl (C=O) groups excluding carboxylic acids is 1. The molecule has 4 rings (SSSR count). The van der Waals surface area contributed by atoms with Crippen LogP contribution in [0.25, 0.3) is 10.9 Å². The molecule has 3 nitrogen and oxygen atoms in total. The van der Waals surface area contributed by atoms with E-state index in [0.717, 1.165) is 32.0 Å². The lowest BCUT2D eigenvalue weighted by Crippen LogP contribution is -2.18. The molecule has 0 saturated carbocycles. The topological polar surface area (TPSA) is 39.2 Å². The Labute approximate surface area is 150 Å². The average Bonchev–Trinajstić information content (AvgIpc) is 2.64. The first-order valence-electron chi connectivity index (χ1n) is 8.04. The summed E-state index contributed by atoms with van der Waals surface area (Å²) in [5.41, 5.74) is 4.66. The molecule has 0 saturated heterocycles. The molecule has 1 aliphatic heterocycles. The molecule has 3 aromatic rings. The van der Waals surface area contributed by atoms with E-state index in [-0.39, 0.29) is 11.9 Å². The highest BCUT2D eigenvalue weighted by Crippen LogP contribution is 2.49. The van der Waals surface area contributed by atoms with Gasteiger partial charge in [0.05, 0.1) is 12.6 Å². The van der Waals surface area contributed by atoms with Crippen molar-refractivity contribution in [1.29, 1.82) is 0 Å². The molecule has 25 heavy (non-hydrogen) atoms. The highest BCUT2D eigenvalue weighted by Gasteiger charge is 2.33. The number of pyridine rings is 1. The summed E-state index contributed by atoms with van der Waals surface area (Å²) in [7, 11) is 1.39. The van der Waals surface area contributed by atoms with Crippen molar-refractivity contribution in [2.24, 2.45) is 0 Å². The molecule has 0 radical (unpaired) electrons. The number of para-hydroxylation sites is 1. The number of nitrogens with zero attached hydrogens (tertiary/aromatic N) is 1. The predicted molar refractivity (Wildman–Crippen MR) is 100 cm³/mol. The molecular formula is C21H17NO2S. The minimum atomic E-state index is -0.386. The third-order valence-corrected chi connectivity index (χ3v) is 5.86. The highest BCUT2D eigenvalue weighted by atomic mass is 32.2. The van der Waals surface area contributed by atoms with Gasteiger partial charge in [-0.15, -0.1) is 0 Å². The van der Waals surface area contributed by atoms with E-state index in [4.69, 9.17) is 9.72 Å². The lowest BCUT2D eigenvalue weighted by Gasteiger charge is -2.29. The molecule has 0 bridgehead atoms. The van der Waals surface area contributed by atoms with Crippen molar-refractivity contribution in [3.8, 4) is 0 Å². The van der Waals surface area contributed by atoms with Crippen LogP contribution in [0, 0.1) is 6.92 Å². The van der Waals surface area contributed by atoms with Gasteiger partial charge in [0.1, 0.15) is 5.03 Å². The number of aryl methyl sites for hydroxylation is 1. The molecule has 1 aliphatic rings. The molecule has 0 N–H and O–H groups in total. The second-order valence-corrected chi connectivity index (χ2v) is 7.12. The van der Waals surface area contributed by atoms with Crippen LogP contribution in [0.5, 0.6) is 0 Å². The third kappa shape index (κ3) is 2.53. The van der Waals surface area contributed by atoms with Crippen molar-refractivity contribution >= 4 is 28.6 Å². The van der Waals surface area contributed by atoms with E-state index < -0.39 is 0 Å². The average molecular weight is 347 g/mol. The number of carbonyl (C=O) groups is 1. The molecule has 0 fully saturated rings. The smallest absolute Gasteiger partial charge is 0.334 e. The van der Waals surface area contributed by atoms with Crippen molar-refractivity contribution in [3.63, 3.8) is 0 Å². The minimum Gasteiger partial charge on any atom is -0.466 e. The number of esters is 1. The molecule has 2 aromatic carbocycles. The van der Waals surface area contributed by atoms with Crippen LogP contribution in [0.15, 0.2) is 70.6 Å². The zero-order valence-electron chi connectivity index (χ0n) is 14.1. The van der Waals surface area contributed by atoms with E-state index in [1.54, 1.807) is 11.8 Å². The number of fused-ring (bicyclic) bond motifs is 3. The highest BCUT2D eigenvalue weighted by molar-refractivity contribution is 7.99. The van der Waals surface area contributed by atoms with Gasteiger partial charge >= 0.3 is 5.97 Å². The number of aromatic nitrogens is 1. The van der Waals surface area contributed by atoms with Gasteiger partial charge in [0, 0.05) is 21.8 Å². The van der Waals surface area contributed by atoms with Gasteiger partial charge in [0.15, 0.2) is 0 Å². The fraction of sp³-hybridized carbons (Fsp3) is 0.143. The molecule has 1 atom stereocenters. The van der Waals surface area contributed by atoms with Crippen molar-refractivity contribution in [3.05, 3.63) is 77.4 Å². The molecule has 1 unspecified atom stereocenters. The molecule has 4 heteroatoms. The first kappa shape index (κ1) is 15.9. The van der Waals surface area contributed by atoms with Crippen molar-refractivity contribution in [2.75, 3.05) is 7.11 Å². The maximum absolute atomic E-state index is 12.2. The molecule has 0 aliphatic carbocycles. The molecule has 2 heterocycles. The minimum absolute atomic E-state index is 0.240. The Morgan fingerprint density at radius 3 is 2.76 bits per heavy atom. The van der Waals surface area contributed by atoms with Crippen LogP contribution < -0.4 is 0 Å². The molecular weight excluding hydrogens is 330 g/mol. The van der Waals surface area contributed by atoms with E-state index in [2.05, 4.69) is 31.7 Å². The quantitative estimate of drug-likeness (QED) is 0.490. The van der Waals surface area contributed by atoms with Crippen LogP contribution in [0.1, 0.15) is 22.6 Å². The van der Waals surface area contributed by atoms with Gasteiger partial charge in [-0.3, -0.25) is 0 Å². The second kappa shape index (κ2) is 6.05. The summed E-state index contributed by atoms with van der Waals surface area (Å²) >= 11 is 1.66. The van der Waals surface area contributed by atoms with E-state index in [0.29, 0.717) is 5.57 Å².